The maximum atomic E-state index is 11.6. The summed E-state index contributed by atoms with van der Waals surface area (Å²) in [5.74, 6) is 0.423. The molecule has 1 atom stereocenters. The van der Waals surface area contributed by atoms with E-state index in [-0.39, 0.29) is 20.5 Å². The molecule has 0 saturated carbocycles. The van der Waals surface area contributed by atoms with E-state index in [1.54, 1.807) is 0 Å². The van der Waals surface area contributed by atoms with Gasteiger partial charge in [0.1, 0.15) is 0 Å². The van der Waals surface area contributed by atoms with Crippen molar-refractivity contribution in [3.8, 4) is 0 Å². The first-order chi connectivity index (χ1) is 7.77. The first-order valence-corrected chi connectivity index (χ1v) is 7.83. The third-order valence-corrected chi connectivity index (χ3v) is 4.50. The predicted molar refractivity (Wildman–Crippen MR) is 67.0 cm³/mol. The summed E-state index contributed by atoms with van der Waals surface area (Å²) in [5.41, 5.74) is 0. The first-order valence-electron chi connectivity index (χ1n) is 5.98. The molecule has 0 aromatic carbocycles. The van der Waals surface area contributed by atoms with Crippen LogP contribution in [0.3, 0.4) is 0 Å². The fourth-order valence-corrected chi connectivity index (χ4v) is 2.85. The SMILES string of the molecule is CCCCC(CC)COC(=O)c1ccc[se]1. The molecule has 2 nitrogen and oxygen atoms in total. The monoisotopic (exact) mass is 288 g/mol. The molecule has 0 aliphatic carbocycles. The van der Waals surface area contributed by atoms with E-state index in [0.29, 0.717) is 12.5 Å². The van der Waals surface area contributed by atoms with Crippen LogP contribution in [-0.4, -0.2) is 27.1 Å². The second kappa shape index (κ2) is 7.70. The molecule has 1 aromatic rings. The van der Waals surface area contributed by atoms with Crippen molar-refractivity contribution in [1.29, 1.82) is 0 Å². The molecule has 0 radical (unpaired) electrons. The van der Waals surface area contributed by atoms with E-state index in [1.165, 1.54) is 19.3 Å². The molecule has 0 aliphatic rings. The van der Waals surface area contributed by atoms with Crippen LogP contribution in [0.5, 0.6) is 0 Å². The molecule has 0 saturated heterocycles. The molecule has 0 bridgehead atoms. The number of ether oxygens (including phenoxy) is 1. The van der Waals surface area contributed by atoms with Crippen molar-refractivity contribution in [2.24, 2.45) is 5.92 Å². The molecule has 0 N–H and O–H groups in total. The molecule has 90 valence electrons. The van der Waals surface area contributed by atoms with Gasteiger partial charge in [0.2, 0.25) is 0 Å². The van der Waals surface area contributed by atoms with Crippen molar-refractivity contribution >= 4 is 20.5 Å². The number of hydrogen-bond acceptors (Lipinski definition) is 2. The Kier molecular flexibility index (Phi) is 6.51. The van der Waals surface area contributed by atoms with E-state index in [4.69, 9.17) is 4.74 Å². The van der Waals surface area contributed by atoms with Gasteiger partial charge in [0.05, 0.1) is 0 Å². The molecule has 1 unspecified atom stereocenters. The zero-order chi connectivity index (χ0) is 11.8. The van der Waals surface area contributed by atoms with E-state index in [1.807, 2.05) is 17.1 Å². The van der Waals surface area contributed by atoms with Crippen molar-refractivity contribution < 1.29 is 9.53 Å². The summed E-state index contributed by atoms with van der Waals surface area (Å²) < 4.78 is 6.19. The molecule has 1 rings (SSSR count). The van der Waals surface area contributed by atoms with E-state index >= 15 is 0 Å². The first kappa shape index (κ1) is 13.5. The van der Waals surface area contributed by atoms with Gasteiger partial charge in [0.25, 0.3) is 0 Å². The maximum absolute atomic E-state index is 11.6. The average molecular weight is 287 g/mol. The second-order valence-corrected chi connectivity index (χ2v) is 5.98. The van der Waals surface area contributed by atoms with Gasteiger partial charge in [-0.1, -0.05) is 0 Å². The van der Waals surface area contributed by atoms with Crippen molar-refractivity contribution in [2.45, 2.75) is 39.5 Å². The van der Waals surface area contributed by atoms with Gasteiger partial charge >= 0.3 is 104 Å². The molecule has 1 aromatic heterocycles. The average Bonchev–Trinajstić information content (AvgIpc) is 2.82. The molecule has 0 amide bonds. The summed E-state index contributed by atoms with van der Waals surface area (Å²) >= 11 is 0.197. The molecule has 0 fully saturated rings. The summed E-state index contributed by atoms with van der Waals surface area (Å²) in [6.07, 6.45) is 4.70. The Bertz CT molecular complexity index is 293. The van der Waals surface area contributed by atoms with E-state index in [0.717, 1.165) is 10.9 Å². The van der Waals surface area contributed by atoms with Gasteiger partial charge in [0.15, 0.2) is 0 Å². The van der Waals surface area contributed by atoms with Crippen LogP contribution in [0, 0.1) is 5.92 Å². The number of esters is 1. The Hall–Kier alpha value is -0.531. The second-order valence-electron chi connectivity index (χ2n) is 3.99. The summed E-state index contributed by atoms with van der Waals surface area (Å²) in [6, 6.07) is 3.81. The van der Waals surface area contributed by atoms with Crippen LogP contribution in [0.25, 0.3) is 0 Å². The van der Waals surface area contributed by atoms with E-state index < -0.39 is 0 Å². The van der Waals surface area contributed by atoms with Crippen molar-refractivity contribution in [3.05, 3.63) is 21.5 Å². The fraction of sp³-hybridized carbons (Fsp3) is 0.615. The number of hydrogen-bond donors (Lipinski definition) is 0. The van der Waals surface area contributed by atoms with Crippen LogP contribution in [-0.2, 0) is 4.74 Å². The molecule has 1 heterocycles. The van der Waals surface area contributed by atoms with Gasteiger partial charge in [-0.25, -0.2) is 0 Å². The quantitative estimate of drug-likeness (QED) is 0.569. The third kappa shape index (κ3) is 4.54. The normalized spacial score (nSPS) is 12.4. The number of rotatable bonds is 7. The van der Waals surface area contributed by atoms with Crippen LogP contribution in [0.15, 0.2) is 17.1 Å². The van der Waals surface area contributed by atoms with Crippen LogP contribution in [0.2, 0.25) is 0 Å². The Labute approximate surface area is 104 Å². The summed E-state index contributed by atoms with van der Waals surface area (Å²) in [5, 5.41) is 0. The predicted octanol–water partition coefficient (Wildman–Crippen LogP) is 3.12. The van der Waals surface area contributed by atoms with Crippen LogP contribution in [0.1, 0.15) is 48.8 Å². The zero-order valence-electron chi connectivity index (χ0n) is 10.1. The zero-order valence-corrected chi connectivity index (χ0v) is 11.8. The van der Waals surface area contributed by atoms with Gasteiger partial charge < -0.3 is 0 Å². The number of unbranched alkanes of at least 4 members (excludes halogenated alkanes) is 1. The third-order valence-electron chi connectivity index (χ3n) is 2.72. The Morgan fingerprint density at radius 1 is 1.50 bits per heavy atom. The molecule has 0 aliphatic heterocycles. The Balaban J connectivity index is 2.29. The van der Waals surface area contributed by atoms with Gasteiger partial charge in [-0.05, 0) is 0 Å². The van der Waals surface area contributed by atoms with E-state index in [9.17, 15) is 4.79 Å². The molecule has 16 heavy (non-hydrogen) atoms. The van der Waals surface area contributed by atoms with Crippen molar-refractivity contribution in [2.75, 3.05) is 6.61 Å². The standard InChI is InChI=1S/C13H20O2Se/c1-3-5-7-11(4-2)10-15-13(14)12-8-6-9-16-12/h6,8-9,11H,3-5,7,10H2,1-2H3. The molecular weight excluding hydrogens is 267 g/mol. The molecule has 0 spiro atoms. The summed E-state index contributed by atoms with van der Waals surface area (Å²) in [7, 11) is 0. The van der Waals surface area contributed by atoms with E-state index in [2.05, 4.69) is 13.8 Å². The van der Waals surface area contributed by atoms with Gasteiger partial charge in [-0.15, -0.1) is 0 Å². The summed E-state index contributed by atoms with van der Waals surface area (Å²) in [4.78, 5) is 13.7. The summed E-state index contributed by atoms with van der Waals surface area (Å²) in [6.45, 7) is 4.94. The minimum atomic E-state index is -0.111. The molecule has 3 heteroatoms. The minimum absolute atomic E-state index is 0.111. The van der Waals surface area contributed by atoms with Crippen LogP contribution in [0.4, 0.5) is 0 Å². The van der Waals surface area contributed by atoms with Crippen LogP contribution >= 0.6 is 0 Å². The number of carbonyl (C=O) groups excluding carboxylic acids is 1. The number of carbonyl (C=O) groups is 1. The van der Waals surface area contributed by atoms with Crippen LogP contribution < -0.4 is 0 Å². The molecular formula is C13H20O2Se. The van der Waals surface area contributed by atoms with Gasteiger partial charge in [-0.2, -0.15) is 0 Å². The van der Waals surface area contributed by atoms with Gasteiger partial charge in [0, 0.05) is 0 Å². The topological polar surface area (TPSA) is 26.3 Å². The Morgan fingerprint density at radius 2 is 2.31 bits per heavy atom. The van der Waals surface area contributed by atoms with Gasteiger partial charge in [-0.3, -0.25) is 0 Å². The Morgan fingerprint density at radius 3 is 2.88 bits per heavy atom. The van der Waals surface area contributed by atoms with Crippen molar-refractivity contribution in [3.63, 3.8) is 0 Å². The fourth-order valence-electron chi connectivity index (χ4n) is 1.56. The van der Waals surface area contributed by atoms with Crippen molar-refractivity contribution in [1.82, 2.24) is 0 Å².